The van der Waals surface area contributed by atoms with Crippen LogP contribution in [0.25, 0.3) is 0 Å². The molecule has 0 bridgehead atoms. The highest BCUT2D eigenvalue weighted by Crippen LogP contribution is 2.29. The number of nitrogens with one attached hydrogen (secondary N) is 2. The van der Waals surface area contributed by atoms with Crippen molar-refractivity contribution in [1.29, 1.82) is 0 Å². The summed E-state index contributed by atoms with van der Waals surface area (Å²) >= 11 is 0. The lowest BCUT2D eigenvalue weighted by Crippen LogP contribution is -2.42. The van der Waals surface area contributed by atoms with Gasteiger partial charge in [0, 0.05) is 26.7 Å². The highest BCUT2D eigenvalue weighted by atomic mass is 19.3. The molecule has 0 radical (unpaired) electrons. The van der Waals surface area contributed by atoms with Crippen molar-refractivity contribution in [2.45, 2.75) is 39.3 Å². The number of aliphatic imine (C=N–C) groups is 1. The summed E-state index contributed by atoms with van der Waals surface area (Å²) in [4.78, 5) is 6.68. The Morgan fingerprint density at radius 3 is 2.63 bits per heavy atom. The fourth-order valence-corrected chi connectivity index (χ4v) is 3.05. The van der Waals surface area contributed by atoms with Gasteiger partial charge in [-0.2, -0.15) is 8.78 Å². The van der Waals surface area contributed by atoms with Crippen molar-refractivity contribution >= 4 is 5.96 Å². The maximum atomic E-state index is 12.5. The zero-order valence-electron chi connectivity index (χ0n) is 16.1. The molecule has 0 spiro atoms. The molecule has 0 unspecified atom stereocenters. The van der Waals surface area contributed by atoms with Crippen molar-refractivity contribution in [3.63, 3.8) is 0 Å². The monoisotopic (exact) mass is 384 g/mol. The SMILES string of the molecule is CCOc1cc(CNC(=NC)NCCN2CCCCC2)ccc1OC(F)F. The highest BCUT2D eigenvalue weighted by Gasteiger charge is 2.12. The van der Waals surface area contributed by atoms with Crippen LogP contribution in [0.4, 0.5) is 8.78 Å². The van der Waals surface area contributed by atoms with E-state index in [9.17, 15) is 8.78 Å². The molecule has 1 aromatic rings. The van der Waals surface area contributed by atoms with Crippen molar-refractivity contribution in [3.05, 3.63) is 23.8 Å². The zero-order chi connectivity index (χ0) is 19.5. The molecule has 2 rings (SSSR count). The van der Waals surface area contributed by atoms with Gasteiger partial charge in [-0.1, -0.05) is 12.5 Å². The second-order valence-electron chi connectivity index (χ2n) is 6.35. The Kier molecular flexibility index (Phi) is 9.10. The normalized spacial score (nSPS) is 15.7. The fraction of sp³-hybridized carbons (Fsp3) is 0.632. The molecule has 0 saturated carbocycles. The third-order valence-electron chi connectivity index (χ3n) is 4.38. The first-order chi connectivity index (χ1) is 13.1. The van der Waals surface area contributed by atoms with Gasteiger partial charge in [-0.3, -0.25) is 4.99 Å². The Bertz CT molecular complexity index is 593. The molecule has 0 atom stereocenters. The van der Waals surface area contributed by atoms with E-state index in [1.54, 1.807) is 26.1 Å². The molecule has 8 heteroatoms. The first kappa shape index (κ1) is 21.2. The number of likely N-dealkylation sites (tertiary alicyclic amines) is 1. The zero-order valence-corrected chi connectivity index (χ0v) is 16.1. The quantitative estimate of drug-likeness (QED) is 0.507. The average Bonchev–Trinajstić information content (AvgIpc) is 2.67. The molecule has 0 amide bonds. The van der Waals surface area contributed by atoms with Crippen molar-refractivity contribution in [2.24, 2.45) is 4.99 Å². The second-order valence-corrected chi connectivity index (χ2v) is 6.35. The number of halogens is 2. The largest absolute Gasteiger partial charge is 0.490 e. The molecule has 1 aliphatic rings. The van der Waals surface area contributed by atoms with Crippen LogP contribution in [0.1, 0.15) is 31.7 Å². The van der Waals surface area contributed by atoms with E-state index in [4.69, 9.17) is 4.74 Å². The van der Waals surface area contributed by atoms with Crippen LogP contribution >= 0.6 is 0 Å². The van der Waals surface area contributed by atoms with E-state index in [2.05, 4.69) is 25.3 Å². The third kappa shape index (κ3) is 7.58. The molecule has 1 aromatic carbocycles. The Hall–Kier alpha value is -2.09. The first-order valence-corrected chi connectivity index (χ1v) is 9.49. The van der Waals surface area contributed by atoms with Gasteiger partial charge >= 0.3 is 6.61 Å². The van der Waals surface area contributed by atoms with Gasteiger partial charge in [-0.25, -0.2) is 0 Å². The van der Waals surface area contributed by atoms with Crippen molar-refractivity contribution in [1.82, 2.24) is 15.5 Å². The summed E-state index contributed by atoms with van der Waals surface area (Å²) in [5, 5.41) is 6.54. The number of hydrogen-bond acceptors (Lipinski definition) is 4. The molecule has 2 N–H and O–H groups in total. The van der Waals surface area contributed by atoms with Crippen LogP contribution in [-0.4, -0.2) is 57.3 Å². The summed E-state index contributed by atoms with van der Waals surface area (Å²) in [5.74, 6) is 1.06. The lowest BCUT2D eigenvalue weighted by atomic mass is 10.1. The van der Waals surface area contributed by atoms with Crippen LogP contribution < -0.4 is 20.1 Å². The molecule has 0 aromatic heterocycles. The Morgan fingerprint density at radius 2 is 1.96 bits per heavy atom. The maximum absolute atomic E-state index is 12.5. The Balaban J connectivity index is 1.82. The van der Waals surface area contributed by atoms with Crippen LogP contribution in [0.3, 0.4) is 0 Å². The van der Waals surface area contributed by atoms with Crippen molar-refractivity contribution in [3.8, 4) is 11.5 Å². The summed E-state index contributed by atoms with van der Waals surface area (Å²) in [6.45, 7) is 3.94. The van der Waals surface area contributed by atoms with Gasteiger partial charge in [0.25, 0.3) is 0 Å². The number of guanidine groups is 1. The smallest absolute Gasteiger partial charge is 0.387 e. The minimum absolute atomic E-state index is 0.0413. The van der Waals surface area contributed by atoms with E-state index in [1.165, 1.54) is 38.4 Å². The minimum Gasteiger partial charge on any atom is -0.490 e. The van der Waals surface area contributed by atoms with E-state index in [0.717, 1.165) is 18.7 Å². The third-order valence-corrected chi connectivity index (χ3v) is 4.38. The van der Waals surface area contributed by atoms with E-state index in [-0.39, 0.29) is 5.75 Å². The Labute approximate surface area is 159 Å². The number of ether oxygens (including phenoxy) is 2. The highest BCUT2D eigenvalue weighted by molar-refractivity contribution is 5.79. The van der Waals surface area contributed by atoms with Crippen LogP contribution in [-0.2, 0) is 6.54 Å². The van der Waals surface area contributed by atoms with E-state index >= 15 is 0 Å². The number of hydrogen-bond donors (Lipinski definition) is 2. The summed E-state index contributed by atoms with van der Waals surface area (Å²) in [7, 11) is 1.72. The van der Waals surface area contributed by atoms with Gasteiger partial charge in [0.2, 0.25) is 0 Å². The summed E-state index contributed by atoms with van der Waals surface area (Å²) in [5.41, 5.74) is 0.888. The number of nitrogens with zero attached hydrogens (tertiary/aromatic N) is 2. The molecule has 27 heavy (non-hydrogen) atoms. The first-order valence-electron chi connectivity index (χ1n) is 9.49. The van der Waals surface area contributed by atoms with Crippen LogP contribution in [0.15, 0.2) is 23.2 Å². The maximum Gasteiger partial charge on any atom is 0.387 e. The minimum atomic E-state index is -2.88. The van der Waals surface area contributed by atoms with Gasteiger partial charge in [0.1, 0.15) is 0 Å². The number of rotatable bonds is 9. The molecule has 1 saturated heterocycles. The van der Waals surface area contributed by atoms with E-state index < -0.39 is 6.61 Å². The molecule has 152 valence electrons. The van der Waals surface area contributed by atoms with Crippen LogP contribution in [0.5, 0.6) is 11.5 Å². The second kappa shape index (κ2) is 11.6. The predicted molar refractivity (Wildman–Crippen MR) is 103 cm³/mol. The molecule has 1 aliphatic heterocycles. The Morgan fingerprint density at radius 1 is 1.19 bits per heavy atom. The number of piperidine rings is 1. The van der Waals surface area contributed by atoms with Gasteiger partial charge in [0.05, 0.1) is 6.61 Å². The van der Waals surface area contributed by atoms with Crippen molar-refractivity contribution < 1.29 is 18.3 Å². The summed E-state index contributed by atoms with van der Waals surface area (Å²) < 4.78 is 34.8. The van der Waals surface area contributed by atoms with Gasteiger partial charge in [-0.15, -0.1) is 0 Å². The average molecular weight is 384 g/mol. The fourth-order valence-electron chi connectivity index (χ4n) is 3.05. The molecule has 0 aliphatic carbocycles. The van der Waals surface area contributed by atoms with E-state index in [1.807, 2.05) is 0 Å². The molecule has 1 fully saturated rings. The van der Waals surface area contributed by atoms with Crippen LogP contribution in [0.2, 0.25) is 0 Å². The molecular weight excluding hydrogens is 354 g/mol. The molecule has 6 nitrogen and oxygen atoms in total. The molecule has 1 heterocycles. The summed E-state index contributed by atoms with van der Waals surface area (Å²) in [6.07, 6.45) is 3.89. The predicted octanol–water partition coefficient (Wildman–Crippen LogP) is 2.84. The number of alkyl halides is 2. The standard InChI is InChI=1S/C19H30F2N4O2/c1-3-26-17-13-15(7-8-16(17)27-18(20)21)14-24-19(22-2)23-9-12-25-10-5-4-6-11-25/h7-8,13,18H,3-6,9-12,14H2,1-2H3,(H2,22,23,24). The van der Waals surface area contributed by atoms with Crippen molar-refractivity contribution in [2.75, 3.05) is 39.8 Å². The lowest BCUT2D eigenvalue weighted by Gasteiger charge is -2.26. The van der Waals surface area contributed by atoms with Gasteiger partial charge in [0.15, 0.2) is 17.5 Å². The van der Waals surface area contributed by atoms with Gasteiger partial charge < -0.3 is 25.0 Å². The number of benzene rings is 1. The lowest BCUT2D eigenvalue weighted by molar-refractivity contribution is -0.0514. The topological polar surface area (TPSA) is 58.1 Å². The van der Waals surface area contributed by atoms with E-state index in [0.29, 0.717) is 24.9 Å². The van der Waals surface area contributed by atoms with Gasteiger partial charge in [-0.05, 0) is 50.6 Å². The summed E-state index contributed by atoms with van der Waals surface area (Å²) in [6, 6.07) is 4.93. The molecular formula is C19H30F2N4O2. The van der Waals surface area contributed by atoms with Crippen LogP contribution in [0, 0.1) is 0 Å².